The molecule has 0 aliphatic carbocycles. The third-order valence-electron chi connectivity index (χ3n) is 3.96. The van der Waals surface area contributed by atoms with Gasteiger partial charge >= 0.3 is 5.97 Å². The molecule has 134 valence electrons. The van der Waals surface area contributed by atoms with Crippen molar-refractivity contribution in [1.29, 1.82) is 0 Å². The Morgan fingerprint density at radius 1 is 1.28 bits per heavy atom. The van der Waals surface area contributed by atoms with E-state index in [0.717, 1.165) is 12.1 Å². The van der Waals surface area contributed by atoms with Crippen molar-refractivity contribution < 1.29 is 14.7 Å². The van der Waals surface area contributed by atoms with E-state index in [2.05, 4.69) is 29.5 Å². The second kappa shape index (κ2) is 7.92. The molecule has 0 bridgehead atoms. The van der Waals surface area contributed by atoms with Crippen LogP contribution in [0, 0.1) is 0 Å². The third-order valence-corrected chi connectivity index (χ3v) is 3.96. The SMILES string of the molecule is CCCc1c(C(=O)NC(C)C(=O)O)nnn1-c1cccc(C(C)C)c1. The fraction of sp³-hybridized carbons (Fsp3) is 0.444. The lowest BCUT2D eigenvalue weighted by molar-refractivity contribution is -0.138. The monoisotopic (exact) mass is 344 g/mol. The first-order valence-corrected chi connectivity index (χ1v) is 8.43. The molecule has 0 saturated carbocycles. The molecule has 0 radical (unpaired) electrons. The fourth-order valence-corrected chi connectivity index (χ4v) is 2.49. The van der Waals surface area contributed by atoms with Gasteiger partial charge in [-0.2, -0.15) is 0 Å². The maximum Gasteiger partial charge on any atom is 0.325 e. The van der Waals surface area contributed by atoms with Crippen LogP contribution in [0.4, 0.5) is 0 Å². The van der Waals surface area contributed by atoms with Gasteiger partial charge in [0.25, 0.3) is 5.91 Å². The number of benzene rings is 1. The van der Waals surface area contributed by atoms with Crippen molar-refractivity contribution in [3.63, 3.8) is 0 Å². The van der Waals surface area contributed by atoms with Crippen LogP contribution >= 0.6 is 0 Å². The number of nitrogens with zero attached hydrogens (tertiary/aromatic N) is 3. The summed E-state index contributed by atoms with van der Waals surface area (Å²) >= 11 is 0. The van der Waals surface area contributed by atoms with Crippen LogP contribution in [0.2, 0.25) is 0 Å². The van der Waals surface area contributed by atoms with E-state index in [1.165, 1.54) is 12.5 Å². The molecular weight excluding hydrogens is 320 g/mol. The van der Waals surface area contributed by atoms with E-state index in [1.54, 1.807) is 4.68 Å². The summed E-state index contributed by atoms with van der Waals surface area (Å²) < 4.78 is 1.66. The Morgan fingerprint density at radius 2 is 2.00 bits per heavy atom. The number of hydrogen-bond donors (Lipinski definition) is 2. The van der Waals surface area contributed by atoms with Crippen molar-refractivity contribution >= 4 is 11.9 Å². The molecule has 0 saturated heterocycles. The van der Waals surface area contributed by atoms with E-state index in [1.807, 2.05) is 31.2 Å². The second-order valence-electron chi connectivity index (χ2n) is 6.33. The molecule has 0 aliphatic rings. The second-order valence-corrected chi connectivity index (χ2v) is 6.33. The zero-order valence-electron chi connectivity index (χ0n) is 15.0. The minimum Gasteiger partial charge on any atom is -0.480 e. The van der Waals surface area contributed by atoms with Gasteiger partial charge in [0.05, 0.1) is 11.4 Å². The lowest BCUT2D eigenvalue weighted by Gasteiger charge is -2.11. The number of rotatable bonds is 7. The molecule has 0 aliphatic heterocycles. The average molecular weight is 344 g/mol. The fourth-order valence-electron chi connectivity index (χ4n) is 2.49. The highest BCUT2D eigenvalue weighted by molar-refractivity contribution is 5.95. The normalized spacial score (nSPS) is 12.2. The summed E-state index contributed by atoms with van der Waals surface area (Å²) in [6.45, 7) is 7.64. The summed E-state index contributed by atoms with van der Waals surface area (Å²) in [6, 6.07) is 6.96. The zero-order valence-corrected chi connectivity index (χ0v) is 15.0. The molecule has 1 aromatic heterocycles. The number of aliphatic carboxylic acids is 1. The Kier molecular flexibility index (Phi) is 5.90. The van der Waals surface area contributed by atoms with Crippen molar-refractivity contribution in [3.05, 3.63) is 41.2 Å². The number of carboxylic acids is 1. The highest BCUT2D eigenvalue weighted by Gasteiger charge is 2.23. The molecule has 1 aromatic carbocycles. The van der Waals surface area contributed by atoms with E-state index in [0.29, 0.717) is 18.0 Å². The summed E-state index contributed by atoms with van der Waals surface area (Å²) in [5, 5.41) is 19.5. The van der Waals surface area contributed by atoms with Gasteiger partial charge in [-0.25, -0.2) is 4.68 Å². The third kappa shape index (κ3) is 4.23. The quantitative estimate of drug-likeness (QED) is 0.804. The van der Waals surface area contributed by atoms with E-state index in [4.69, 9.17) is 5.11 Å². The Balaban J connectivity index is 2.41. The van der Waals surface area contributed by atoms with Crippen molar-refractivity contribution in [2.24, 2.45) is 0 Å². The largest absolute Gasteiger partial charge is 0.480 e. The minimum atomic E-state index is -1.09. The molecular formula is C18H24N4O3. The van der Waals surface area contributed by atoms with Gasteiger partial charge in [-0.1, -0.05) is 44.5 Å². The molecule has 1 amide bonds. The van der Waals surface area contributed by atoms with Crippen LogP contribution < -0.4 is 5.32 Å². The van der Waals surface area contributed by atoms with Gasteiger partial charge in [-0.3, -0.25) is 9.59 Å². The lowest BCUT2D eigenvalue weighted by atomic mass is 10.0. The predicted octanol–water partition coefficient (Wildman–Crippen LogP) is 2.55. The van der Waals surface area contributed by atoms with Crippen molar-refractivity contribution in [1.82, 2.24) is 20.3 Å². The van der Waals surface area contributed by atoms with Crippen molar-refractivity contribution in [3.8, 4) is 5.69 Å². The number of carbonyl (C=O) groups excluding carboxylic acids is 1. The molecule has 0 spiro atoms. The van der Waals surface area contributed by atoms with Crippen LogP contribution in [-0.2, 0) is 11.2 Å². The molecule has 1 unspecified atom stereocenters. The number of amides is 1. The van der Waals surface area contributed by atoms with Crippen LogP contribution in [0.15, 0.2) is 24.3 Å². The van der Waals surface area contributed by atoms with Gasteiger partial charge in [-0.05, 0) is 37.0 Å². The van der Waals surface area contributed by atoms with E-state index < -0.39 is 17.9 Å². The predicted molar refractivity (Wildman–Crippen MR) is 94.0 cm³/mol. The number of nitrogens with one attached hydrogen (secondary N) is 1. The van der Waals surface area contributed by atoms with E-state index >= 15 is 0 Å². The summed E-state index contributed by atoms with van der Waals surface area (Å²) in [5.41, 5.74) is 2.86. The van der Waals surface area contributed by atoms with Gasteiger partial charge < -0.3 is 10.4 Å². The zero-order chi connectivity index (χ0) is 18.6. The first-order chi connectivity index (χ1) is 11.8. The molecule has 0 fully saturated rings. The number of carboxylic acid groups (broad SMARTS) is 1. The van der Waals surface area contributed by atoms with Gasteiger partial charge in [0, 0.05) is 0 Å². The van der Waals surface area contributed by atoms with Crippen LogP contribution in [0.5, 0.6) is 0 Å². The summed E-state index contributed by atoms with van der Waals surface area (Å²) in [5.74, 6) is -1.25. The number of hydrogen-bond acceptors (Lipinski definition) is 4. The summed E-state index contributed by atoms with van der Waals surface area (Å²) in [6.07, 6.45) is 1.43. The minimum absolute atomic E-state index is 0.171. The molecule has 2 N–H and O–H groups in total. The van der Waals surface area contributed by atoms with Gasteiger partial charge in [0.1, 0.15) is 6.04 Å². The number of carbonyl (C=O) groups is 2. The number of aromatic nitrogens is 3. The van der Waals surface area contributed by atoms with Crippen LogP contribution in [0.1, 0.15) is 61.8 Å². The molecule has 1 atom stereocenters. The van der Waals surface area contributed by atoms with Crippen LogP contribution in [0.25, 0.3) is 5.69 Å². The lowest BCUT2D eigenvalue weighted by Crippen LogP contribution is -2.38. The highest BCUT2D eigenvalue weighted by atomic mass is 16.4. The Labute approximate surface area is 147 Å². The van der Waals surface area contributed by atoms with Crippen molar-refractivity contribution in [2.45, 2.75) is 52.5 Å². The van der Waals surface area contributed by atoms with Gasteiger partial charge in [0.15, 0.2) is 5.69 Å². The van der Waals surface area contributed by atoms with Gasteiger partial charge in [-0.15, -0.1) is 5.10 Å². The van der Waals surface area contributed by atoms with Crippen LogP contribution in [-0.4, -0.2) is 38.0 Å². The maximum atomic E-state index is 12.4. The first-order valence-electron chi connectivity index (χ1n) is 8.43. The molecule has 1 heterocycles. The Morgan fingerprint density at radius 3 is 2.60 bits per heavy atom. The maximum absolute atomic E-state index is 12.4. The average Bonchev–Trinajstić information content (AvgIpc) is 2.99. The Bertz CT molecular complexity index is 767. The van der Waals surface area contributed by atoms with Crippen LogP contribution in [0.3, 0.4) is 0 Å². The molecule has 7 heteroatoms. The Hall–Kier alpha value is -2.70. The standard InChI is InChI=1S/C18H24N4O3/c1-5-7-15-16(17(23)19-12(4)18(24)25)20-21-22(15)14-9-6-8-13(10-14)11(2)3/h6,8-12H,5,7H2,1-4H3,(H,19,23)(H,24,25). The highest BCUT2D eigenvalue weighted by Crippen LogP contribution is 2.20. The first kappa shape index (κ1) is 18.6. The smallest absolute Gasteiger partial charge is 0.325 e. The van der Waals surface area contributed by atoms with E-state index in [-0.39, 0.29) is 5.69 Å². The molecule has 2 rings (SSSR count). The topological polar surface area (TPSA) is 97.1 Å². The van der Waals surface area contributed by atoms with E-state index in [9.17, 15) is 9.59 Å². The summed E-state index contributed by atoms with van der Waals surface area (Å²) in [4.78, 5) is 23.3. The van der Waals surface area contributed by atoms with Gasteiger partial charge in [0.2, 0.25) is 0 Å². The molecule has 25 heavy (non-hydrogen) atoms. The van der Waals surface area contributed by atoms with Crippen molar-refractivity contribution in [2.75, 3.05) is 0 Å². The molecule has 2 aromatic rings. The summed E-state index contributed by atoms with van der Waals surface area (Å²) in [7, 11) is 0. The molecule has 7 nitrogen and oxygen atoms in total.